The first-order valence-corrected chi connectivity index (χ1v) is 8.32. The van der Waals surface area contributed by atoms with Crippen molar-refractivity contribution in [2.24, 2.45) is 0 Å². The quantitative estimate of drug-likeness (QED) is 0.795. The molecule has 0 saturated heterocycles. The Balaban J connectivity index is 1.94. The van der Waals surface area contributed by atoms with Crippen molar-refractivity contribution in [2.45, 2.75) is 31.2 Å². The summed E-state index contributed by atoms with van der Waals surface area (Å²) in [6.07, 6.45) is 3.27. The molecule has 114 valence electrons. The van der Waals surface area contributed by atoms with Crippen LogP contribution in [0.25, 0.3) is 0 Å². The first-order chi connectivity index (χ1) is 10.6. The summed E-state index contributed by atoms with van der Waals surface area (Å²) in [6, 6.07) is 13.1. The molecule has 0 amide bonds. The summed E-state index contributed by atoms with van der Waals surface area (Å²) >= 11 is 6.12. The van der Waals surface area contributed by atoms with Gasteiger partial charge in [0.05, 0.1) is 5.02 Å². The van der Waals surface area contributed by atoms with E-state index in [0.29, 0.717) is 17.0 Å². The fraction of sp³-hybridized carbons (Fsp3) is 0.368. The van der Waals surface area contributed by atoms with Crippen molar-refractivity contribution < 1.29 is 5.11 Å². The highest BCUT2D eigenvalue weighted by Gasteiger charge is 2.36. The van der Waals surface area contributed by atoms with Crippen molar-refractivity contribution in [3.8, 4) is 5.75 Å². The van der Waals surface area contributed by atoms with Gasteiger partial charge in [0, 0.05) is 18.5 Å². The first kappa shape index (κ1) is 14.1. The summed E-state index contributed by atoms with van der Waals surface area (Å²) < 4.78 is 0. The molecule has 0 bridgehead atoms. The molecule has 0 unspecified atom stereocenters. The molecule has 1 aliphatic carbocycles. The molecule has 4 rings (SSSR count). The fourth-order valence-electron chi connectivity index (χ4n) is 4.18. The number of rotatable bonds is 0. The Morgan fingerprint density at radius 2 is 1.91 bits per heavy atom. The van der Waals surface area contributed by atoms with Gasteiger partial charge in [-0.15, -0.1) is 0 Å². The number of halogens is 1. The van der Waals surface area contributed by atoms with Gasteiger partial charge in [-0.1, -0.05) is 35.9 Å². The van der Waals surface area contributed by atoms with Crippen LogP contribution in [-0.2, 0) is 12.8 Å². The minimum absolute atomic E-state index is 0.199. The van der Waals surface area contributed by atoms with E-state index in [0.717, 1.165) is 25.8 Å². The van der Waals surface area contributed by atoms with E-state index in [1.54, 1.807) is 0 Å². The number of phenols is 1. The fourth-order valence-corrected chi connectivity index (χ4v) is 4.37. The lowest BCUT2D eigenvalue weighted by Gasteiger charge is -2.38. The van der Waals surface area contributed by atoms with Gasteiger partial charge in [0.15, 0.2) is 0 Å². The molecule has 0 saturated carbocycles. The molecule has 2 atom stereocenters. The zero-order valence-corrected chi connectivity index (χ0v) is 13.5. The predicted octanol–water partition coefficient (Wildman–Crippen LogP) is 3.98. The third-order valence-electron chi connectivity index (χ3n) is 5.33. The predicted molar refractivity (Wildman–Crippen MR) is 89.8 cm³/mol. The number of fused-ring (bicyclic) bond motifs is 5. The minimum Gasteiger partial charge on any atom is -0.506 e. The van der Waals surface area contributed by atoms with Crippen LogP contribution in [0.5, 0.6) is 5.75 Å². The Kier molecular flexibility index (Phi) is 3.39. The van der Waals surface area contributed by atoms with Crippen LogP contribution in [0, 0.1) is 0 Å². The Morgan fingerprint density at radius 3 is 2.77 bits per heavy atom. The van der Waals surface area contributed by atoms with Crippen molar-refractivity contribution in [1.82, 2.24) is 4.90 Å². The van der Waals surface area contributed by atoms with Crippen molar-refractivity contribution in [3.05, 3.63) is 63.7 Å². The molecular weight excluding hydrogens is 294 g/mol. The van der Waals surface area contributed by atoms with E-state index < -0.39 is 0 Å². The van der Waals surface area contributed by atoms with E-state index >= 15 is 0 Å². The van der Waals surface area contributed by atoms with Crippen LogP contribution in [0.4, 0.5) is 0 Å². The number of hydrogen-bond acceptors (Lipinski definition) is 2. The summed E-state index contributed by atoms with van der Waals surface area (Å²) in [7, 11) is 2.23. The van der Waals surface area contributed by atoms with Crippen LogP contribution in [0.15, 0.2) is 36.4 Å². The van der Waals surface area contributed by atoms with E-state index in [-0.39, 0.29) is 5.75 Å². The zero-order chi connectivity index (χ0) is 15.3. The number of aromatic hydroxyl groups is 1. The number of nitrogens with zero attached hydrogens (tertiary/aromatic N) is 1. The molecule has 2 nitrogen and oxygen atoms in total. The monoisotopic (exact) mass is 313 g/mol. The maximum absolute atomic E-state index is 10.1. The maximum atomic E-state index is 10.1. The summed E-state index contributed by atoms with van der Waals surface area (Å²) in [5.41, 5.74) is 5.39. The summed E-state index contributed by atoms with van der Waals surface area (Å²) in [5.74, 6) is 0.529. The lowest BCUT2D eigenvalue weighted by Crippen LogP contribution is -2.39. The van der Waals surface area contributed by atoms with Gasteiger partial charge in [-0.2, -0.15) is 0 Å². The van der Waals surface area contributed by atoms with Gasteiger partial charge in [0.25, 0.3) is 0 Å². The van der Waals surface area contributed by atoms with Gasteiger partial charge in [-0.05, 0) is 60.7 Å². The highest BCUT2D eigenvalue weighted by molar-refractivity contribution is 6.32. The highest BCUT2D eigenvalue weighted by atomic mass is 35.5. The Morgan fingerprint density at radius 1 is 1.09 bits per heavy atom. The van der Waals surface area contributed by atoms with Crippen LogP contribution in [-0.4, -0.2) is 29.6 Å². The van der Waals surface area contributed by atoms with E-state index in [1.165, 1.54) is 22.3 Å². The maximum Gasteiger partial charge on any atom is 0.134 e. The average Bonchev–Trinajstić information content (AvgIpc) is 2.67. The number of phenolic OH excluding ortho intramolecular Hbond substituents is 1. The highest BCUT2D eigenvalue weighted by Crippen LogP contribution is 2.44. The second-order valence-electron chi connectivity index (χ2n) is 6.52. The molecule has 22 heavy (non-hydrogen) atoms. The van der Waals surface area contributed by atoms with Crippen LogP contribution >= 0.6 is 11.6 Å². The topological polar surface area (TPSA) is 23.5 Å². The molecule has 2 aliphatic rings. The molecule has 0 aromatic heterocycles. The van der Waals surface area contributed by atoms with E-state index in [1.807, 2.05) is 12.1 Å². The van der Waals surface area contributed by atoms with E-state index in [9.17, 15) is 5.11 Å². The average molecular weight is 314 g/mol. The molecule has 1 heterocycles. The molecular formula is C19H20ClNO. The van der Waals surface area contributed by atoms with Crippen molar-refractivity contribution in [2.75, 3.05) is 13.6 Å². The molecule has 3 heteroatoms. The number of likely N-dealkylation sites (N-methyl/N-ethyl adjacent to an activating group) is 1. The molecule has 2 aromatic carbocycles. The Bertz CT molecular complexity index is 727. The van der Waals surface area contributed by atoms with Gasteiger partial charge in [-0.3, -0.25) is 0 Å². The smallest absolute Gasteiger partial charge is 0.134 e. The lowest BCUT2D eigenvalue weighted by molar-refractivity contribution is 0.214. The minimum atomic E-state index is 0.199. The lowest BCUT2D eigenvalue weighted by atomic mass is 9.74. The zero-order valence-electron chi connectivity index (χ0n) is 12.7. The van der Waals surface area contributed by atoms with Crippen LogP contribution in [0.3, 0.4) is 0 Å². The normalized spacial score (nSPS) is 24.1. The van der Waals surface area contributed by atoms with Crippen LogP contribution in [0.2, 0.25) is 5.02 Å². The van der Waals surface area contributed by atoms with Gasteiger partial charge in [0.1, 0.15) is 5.75 Å². The number of hydrogen-bond donors (Lipinski definition) is 1. The number of benzene rings is 2. The van der Waals surface area contributed by atoms with Crippen molar-refractivity contribution in [1.29, 1.82) is 0 Å². The van der Waals surface area contributed by atoms with E-state index in [2.05, 4.69) is 36.2 Å². The van der Waals surface area contributed by atoms with E-state index in [4.69, 9.17) is 11.6 Å². The van der Waals surface area contributed by atoms with Gasteiger partial charge >= 0.3 is 0 Å². The Labute approximate surface area is 136 Å². The molecule has 0 fully saturated rings. The van der Waals surface area contributed by atoms with Crippen molar-refractivity contribution in [3.63, 3.8) is 0 Å². The molecule has 1 N–H and O–H groups in total. The second kappa shape index (κ2) is 5.29. The largest absolute Gasteiger partial charge is 0.506 e. The second-order valence-corrected chi connectivity index (χ2v) is 6.92. The van der Waals surface area contributed by atoms with Crippen molar-refractivity contribution >= 4 is 11.6 Å². The molecule has 1 aliphatic heterocycles. The summed E-state index contributed by atoms with van der Waals surface area (Å²) in [5, 5.41) is 10.6. The summed E-state index contributed by atoms with van der Waals surface area (Å²) in [6.45, 7) is 1.09. The first-order valence-electron chi connectivity index (χ1n) is 7.94. The third-order valence-corrected chi connectivity index (χ3v) is 5.63. The SMILES string of the molecule is CN1CCc2ccccc2[C@@H]2c3cc(O)c(Cl)cc3CC[C@H]21. The molecule has 0 radical (unpaired) electrons. The standard InChI is InChI=1S/C19H20ClNO/c1-21-9-8-12-4-2-3-5-14(12)19-15-11-18(22)16(20)10-13(15)6-7-17(19)21/h2-5,10-11,17,19,22H,6-9H2,1H3/t17-,19-/m1/s1. The number of aryl methyl sites for hydroxylation is 1. The third kappa shape index (κ3) is 2.13. The molecule has 0 spiro atoms. The Hall–Kier alpha value is -1.51. The van der Waals surface area contributed by atoms with Crippen LogP contribution < -0.4 is 0 Å². The van der Waals surface area contributed by atoms with Gasteiger partial charge in [-0.25, -0.2) is 0 Å². The molecule has 2 aromatic rings. The van der Waals surface area contributed by atoms with Gasteiger partial charge < -0.3 is 10.0 Å². The summed E-state index contributed by atoms with van der Waals surface area (Å²) in [4.78, 5) is 2.49. The van der Waals surface area contributed by atoms with Gasteiger partial charge in [0.2, 0.25) is 0 Å². The van der Waals surface area contributed by atoms with Crippen LogP contribution in [0.1, 0.15) is 34.6 Å².